The van der Waals surface area contributed by atoms with E-state index in [0.29, 0.717) is 0 Å². The molecule has 1 N–H and O–H groups in total. The lowest BCUT2D eigenvalue weighted by Gasteiger charge is -2.21. The highest BCUT2D eigenvalue weighted by Crippen LogP contribution is 2.11. The number of rotatable bonds is 3. The predicted molar refractivity (Wildman–Crippen MR) is 46.7 cm³/mol. The van der Waals surface area contributed by atoms with Crippen molar-refractivity contribution in [2.75, 3.05) is 0 Å². The van der Waals surface area contributed by atoms with E-state index in [1.807, 2.05) is 20.8 Å². The zero-order valence-electron chi connectivity index (χ0n) is 8.42. The largest absolute Gasteiger partial charge is 0.460 e. The fourth-order valence-corrected chi connectivity index (χ4v) is 0.449. The van der Waals surface area contributed by atoms with Gasteiger partial charge in [-0.25, -0.2) is 4.79 Å². The van der Waals surface area contributed by atoms with Gasteiger partial charge in [0, 0.05) is 0 Å². The number of carbonyl (C=O) groups excluding carboxylic acids is 1. The van der Waals surface area contributed by atoms with Gasteiger partial charge in [0.2, 0.25) is 0 Å². The SMILES string of the molecule is CC(C)C(C)OC(=O)C(C)(C)O. The summed E-state index contributed by atoms with van der Waals surface area (Å²) in [5.41, 5.74) is -1.39. The molecule has 0 amide bonds. The van der Waals surface area contributed by atoms with Crippen LogP contribution < -0.4 is 0 Å². The molecule has 0 aromatic carbocycles. The van der Waals surface area contributed by atoms with E-state index in [4.69, 9.17) is 4.74 Å². The third kappa shape index (κ3) is 3.72. The molecule has 0 saturated carbocycles. The highest BCUT2D eigenvalue weighted by molar-refractivity contribution is 5.78. The summed E-state index contributed by atoms with van der Waals surface area (Å²) in [6.07, 6.45) is -0.149. The Hall–Kier alpha value is -0.570. The lowest BCUT2D eigenvalue weighted by molar-refractivity contribution is -0.168. The molecular formula is C9H18O3. The van der Waals surface area contributed by atoms with Gasteiger partial charge >= 0.3 is 5.97 Å². The van der Waals surface area contributed by atoms with Crippen molar-refractivity contribution >= 4 is 5.97 Å². The zero-order valence-corrected chi connectivity index (χ0v) is 8.42. The van der Waals surface area contributed by atoms with Gasteiger partial charge in [-0.3, -0.25) is 0 Å². The van der Waals surface area contributed by atoms with Gasteiger partial charge in [-0.05, 0) is 26.7 Å². The topological polar surface area (TPSA) is 46.5 Å². The Bertz CT molecular complexity index is 156. The minimum atomic E-state index is -1.39. The summed E-state index contributed by atoms with van der Waals surface area (Å²) in [6.45, 7) is 8.57. The fourth-order valence-electron chi connectivity index (χ4n) is 0.449. The molecule has 0 fully saturated rings. The first-order chi connectivity index (χ1) is 5.25. The molecule has 3 nitrogen and oxygen atoms in total. The van der Waals surface area contributed by atoms with Crippen molar-refractivity contribution in [2.24, 2.45) is 5.92 Å². The van der Waals surface area contributed by atoms with Gasteiger partial charge in [0.15, 0.2) is 5.60 Å². The van der Waals surface area contributed by atoms with Gasteiger partial charge in [0.05, 0.1) is 0 Å². The van der Waals surface area contributed by atoms with Crippen molar-refractivity contribution in [3.8, 4) is 0 Å². The maximum Gasteiger partial charge on any atom is 0.337 e. The molecule has 0 heterocycles. The Morgan fingerprint density at radius 3 is 2.00 bits per heavy atom. The maximum atomic E-state index is 11.1. The van der Waals surface area contributed by atoms with Gasteiger partial charge in [0.25, 0.3) is 0 Å². The van der Waals surface area contributed by atoms with Crippen molar-refractivity contribution in [1.29, 1.82) is 0 Å². The maximum absolute atomic E-state index is 11.1. The molecule has 0 aliphatic rings. The summed E-state index contributed by atoms with van der Waals surface area (Å²) in [5.74, 6) is -0.292. The standard InChI is InChI=1S/C9H18O3/c1-6(2)7(3)12-8(10)9(4,5)11/h6-7,11H,1-5H3. The summed E-state index contributed by atoms with van der Waals surface area (Å²) in [5, 5.41) is 9.24. The first-order valence-electron chi connectivity index (χ1n) is 4.18. The minimum Gasteiger partial charge on any atom is -0.460 e. The van der Waals surface area contributed by atoms with Crippen molar-refractivity contribution < 1.29 is 14.6 Å². The Morgan fingerprint density at radius 2 is 1.75 bits per heavy atom. The quantitative estimate of drug-likeness (QED) is 0.657. The third-order valence-electron chi connectivity index (χ3n) is 1.73. The van der Waals surface area contributed by atoms with Crippen LogP contribution in [0.1, 0.15) is 34.6 Å². The highest BCUT2D eigenvalue weighted by atomic mass is 16.6. The Balaban J connectivity index is 4.02. The van der Waals surface area contributed by atoms with Crippen LogP contribution in [-0.4, -0.2) is 22.8 Å². The molecule has 0 radical (unpaired) electrons. The second-order valence-corrected chi connectivity index (χ2v) is 3.91. The first-order valence-corrected chi connectivity index (χ1v) is 4.18. The van der Waals surface area contributed by atoms with Crippen molar-refractivity contribution in [3.63, 3.8) is 0 Å². The van der Waals surface area contributed by atoms with E-state index in [9.17, 15) is 9.90 Å². The second-order valence-electron chi connectivity index (χ2n) is 3.91. The monoisotopic (exact) mass is 174 g/mol. The number of aliphatic hydroxyl groups is 1. The molecule has 0 aliphatic heterocycles. The summed E-state index contributed by atoms with van der Waals surface area (Å²) >= 11 is 0. The lowest BCUT2D eigenvalue weighted by atomic mass is 10.1. The Morgan fingerprint density at radius 1 is 1.33 bits per heavy atom. The van der Waals surface area contributed by atoms with Crippen LogP contribution in [0.15, 0.2) is 0 Å². The van der Waals surface area contributed by atoms with Crippen molar-refractivity contribution in [3.05, 3.63) is 0 Å². The highest BCUT2D eigenvalue weighted by Gasteiger charge is 2.27. The minimum absolute atomic E-state index is 0.149. The molecule has 72 valence electrons. The number of carbonyl (C=O) groups is 1. The Labute approximate surface area is 73.7 Å². The summed E-state index contributed by atoms with van der Waals surface area (Å²) in [4.78, 5) is 11.1. The normalized spacial score (nSPS) is 14.6. The van der Waals surface area contributed by atoms with Crippen molar-refractivity contribution in [1.82, 2.24) is 0 Å². The van der Waals surface area contributed by atoms with Gasteiger partial charge in [-0.2, -0.15) is 0 Å². The Kier molecular flexibility index (Phi) is 3.71. The van der Waals surface area contributed by atoms with Crippen LogP contribution in [0, 0.1) is 5.92 Å². The van der Waals surface area contributed by atoms with E-state index < -0.39 is 11.6 Å². The summed E-state index contributed by atoms with van der Waals surface area (Å²) in [7, 11) is 0. The number of hydrogen-bond acceptors (Lipinski definition) is 3. The third-order valence-corrected chi connectivity index (χ3v) is 1.73. The summed E-state index contributed by atoms with van der Waals surface area (Å²) in [6, 6.07) is 0. The van der Waals surface area contributed by atoms with Crippen LogP contribution in [-0.2, 0) is 9.53 Å². The van der Waals surface area contributed by atoms with Crippen LogP contribution in [0.2, 0.25) is 0 Å². The van der Waals surface area contributed by atoms with E-state index in [0.717, 1.165) is 0 Å². The number of esters is 1. The molecule has 3 heteroatoms. The number of hydrogen-bond donors (Lipinski definition) is 1. The number of ether oxygens (including phenoxy) is 1. The van der Waals surface area contributed by atoms with Crippen LogP contribution in [0.25, 0.3) is 0 Å². The van der Waals surface area contributed by atoms with Crippen LogP contribution in [0.3, 0.4) is 0 Å². The molecule has 1 unspecified atom stereocenters. The fraction of sp³-hybridized carbons (Fsp3) is 0.889. The smallest absolute Gasteiger partial charge is 0.337 e. The molecule has 0 aromatic rings. The lowest BCUT2D eigenvalue weighted by Crippen LogP contribution is -2.36. The van der Waals surface area contributed by atoms with Gasteiger partial charge in [0.1, 0.15) is 6.10 Å². The van der Waals surface area contributed by atoms with E-state index in [1.165, 1.54) is 13.8 Å². The zero-order chi connectivity index (χ0) is 9.94. The van der Waals surface area contributed by atoms with E-state index in [2.05, 4.69) is 0 Å². The van der Waals surface area contributed by atoms with Crippen molar-refractivity contribution in [2.45, 2.75) is 46.3 Å². The molecule has 0 aliphatic carbocycles. The van der Waals surface area contributed by atoms with Crippen LogP contribution in [0.4, 0.5) is 0 Å². The summed E-state index contributed by atoms with van der Waals surface area (Å²) < 4.78 is 4.99. The molecule has 0 aromatic heterocycles. The molecule has 0 saturated heterocycles. The van der Waals surface area contributed by atoms with E-state index in [1.54, 1.807) is 0 Å². The molecule has 0 rings (SSSR count). The molecule has 12 heavy (non-hydrogen) atoms. The molecule has 0 spiro atoms. The first kappa shape index (κ1) is 11.4. The predicted octanol–water partition coefficient (Wildman–Crippen LogP) is 1.34. The second kappa shape index (κ2) is 3.90. The molecular weight excluding hydrogens is 156 g/mol. The average molecular weight is 174 g/mol. The van der Waals surface area contributed by atoms with E-state index in [-0.39, 0.29) is 12.0 Å². The van der Waals surface area contributed by atoms with E-state index >= 15 is 0 Å². The van der Waals surface area contributed by atoms with Gasteiger partial charge in [-0.15, -0.1) is 0 Å². The van der Waals surface area contributed by atoms with Gasteiger partial charge < -0.3 is 9.84 Å². The molecule has 1 atom stereocenters. The molecule has 0 bridgehead atoms. The van der Waals surface area contributed by atoms with Crippen LogP contribution >= 0.6 is 0 Å². The average Bonchev–Trinajstić information content (AvgIpc) is 1.85. The van der Waals surface area contributed by atoms with Gasteiger partial charge in [-0.1, -0.05) is 13.8 Å². The van der Waals surface area contributed by atoms with Crippen LogP contribution in [0.5, 0.6) is 0 Å².